The summed E-state index contributed by atoms with van der Waals surface area (Å²) in [6.07, 6.45) is 1.51. The average Bonchev–Trinajstić information content (AvgIpc) is 2.82. The Morgan fingerprint density at radius 1 is 0.833 bits per heavy atom. The lowest BCUT2D eigenvalue weighted by Crippen LogP contribution is -2.37. The SMILES string of the molecule is CCOc1c(NCCCN(CCCNC(=O)OC(C)(C)C)CCCNc2c(O)c(=O)c2=O)c(=O)c1=O. The van der Waals surface area contributed by atoms with E-state index in [0.717, 1.165) is 0 Å². The second-order valence-electron chi connectivity index (χ2n) is 9.36. The summed E-state index contributed by atoms with van der Waals surface area (Å²) in [6, 6.07) is 0. The van der Waals surface area contributed by atoms with Gasteiger partial charge in [0.1, 0.15) is 17.0 Å². The van der Waals surface area contributed by atoms with Gasteiger partial charge in [-0.2, -0.15) is 0 Å². The number of hydrogen-bond acceptors (Lipinski definition) is 11. The lowest BCUT2D eigenvalue weighted by molar-refractivity contribution is 0.0525. The largest absolute Gasteiger partial charge is 0.502 e. The smallest absolute Gasteiger partial charge is 0.407 e. The number of hydrogen-bond donors (Lipinski definition) is 4. The van der Waals surface area contributed by atoms with Crippen LogP contribution in [-0.4, -0.2) is 67.6 Å². The van der Waals surface area contributed by atoms with E-state index in [-0.39, 0.29) is 17.1 Å². The van der Waals surface area contributed by atoms with Crippen molar-refractivity contribution in [3.63, 3.8) is 0 Å². The number of aromatic hydroxyl groups is 1. The number of amides is 1. The second-order valence-corrected chi connectivity index (χ2v) is 9.36. The van der Waals surface area contributed by atoms with Crippen LogP contribution in [0.5, 0.6) is 11.5 Å². The number of anilines is 2. The summed E-state index contributed by atoms with van der Waals surface area (Å²) in [5, 5.41) is 17.9. The quantitative estimate of drug-likeness (QED) is 0.184. The van der Waals surface area contributed by atoms with Crippen molar-refractivity contribution in [1.29, 1.82) is 0 Å². The van der Waals surface area contributed by atoms with Gasteiger partial charge in [-0.1, -0.05) is 0 Å². The van der Waals surface area contributed by atoms with Gasteiger partial charge in [0.15, 0.2) is 11.5 Å². The van der Waals surface area contributed by atoms with Crippen molar-refractivity contribution in [2.24, 2.45) is 0 Å². The van der Waals surface area contributed by atoms with Gasteiger partial charge in [-0.15, -0.1) is 0 Å². The van der Waals surface area contributed by atoms with Crippen LogP contribution in [0.15, 0.2) is 19.2 Å². The maximum atomic E-state index is 11.8. The van der Waals surface area contributed by atoms with Gasteiger partial charge in [0.25, 0.3) is 21.7 Å². The first kappa shape index (κ1) is 28.8. The van der Waals surface area contributed by atoms with Crippen LogP contribution in [0.25, 0.3) is 0 Å². The molecule has 0 heterocycles. The highest BCUT2D eigenvalue weighted by Gasteiger charge is 2.22. The molecule has 0 unspecified atom stereocenters. The summed E-state index contributed by atoms with van der Waals surface area (Å²) >= 11 is 0. The van der Waals surface area contributed by atoms with Gasteiger partial charge in [-0.25, -0.2) is 4.79 Å². The van der Waals surface area contributed by atoms with Gasteiger partial charge in [-0.3, -0.25) is 19.2 Å². The second kappa shape index (κ2) is 13.1. The van der Waals surface area contributed by atoms with E-state index < -0.39 is 39.2 Å². The zero-order valence-corrected chi connectivity index (χ0v) is 21.3. The fourth-order valence-electron chi connectivity index (χ4n) is 3.53. The van der Waals surface area contributed by atoms with Crippen LogP contribution in [-0.2, 0) is 4.74 Å². The highest BCUT2D eigenvalue weighted by atomic mass is 16.6. The third-order valence-corrected chi connectivity index (χ3v) is 5.27. The van der Waals surface area contributed by atoms with Gasteiger partial charge in [-0.05, 0) is 66.6 Å². The maximum absolute atomic E-state index is 11.8. The summed E-state index contributed by atoms with van der Waals surface area (Å²) in [5.74, 6) is -0.443. The van der Waals surface area contributed by atoms with Crippen LogP contribution >= 0.6 is 0 Å². The monoisotopic (exact) mass is 508 g/mol. The number of alkyl carbamates (subject to hydrolysis) is 1. The number of nitrogens with zero attached hydrogens (tertiary/aromatic N) is 1. The Labute approximate surface area is 209 Å². The van der Waals surface area contributed by atoms with Crippen molar-refractivity contribution in [2.45, 2.75) is 52.6 Å². The zero-order valence-electron chi connectivity index (χ0n) is 21.3. The molecule has 12 heteroatoms. The normalized spacial score (nSPS) is 11.7. The van der Waals surface area contributed by atoms with Crippen molar-refractivity contribution in [3.8, 4) is 11.5 Å². The first-order valence-electron chi connectivity index (χ1n) is 12.1. The van der Waals surface area contributed by atoms with Crippen molar-refractivity contribution >= 4 is 17.5 Å². The van der Waals surface area contributed by atoms with E-state index in [4.69, 9.17) is 9.47 Å². The van der Waals surface area contributed by atoms with Crippen LogP contribution in [0.3, 0.4) is 0 Å². The average molecular weight is 509 g/mol. The molecule has 0 atom stereocenters. The number of nitrogens with one attached hydrogen (secondary N) is 3. The standard InChI is InChI=1S/C24H36N4O8/c1-5-35-22-16(19(31)21(22)33)26-10-7-13-28(14-8-11-27-23(34)36-24(2,3)4)12-6-9-25-15-17(29)20(32)18(15)30/h25-26,29H,5-14H2,1-4H3,(H,27,34). The molecule has 2 aromatic carbocycles. The van der Waals surface area contributed by atoms with E-state index in [1.807, 2.05) is 0 Å². The van der Waals surface area contributed by atoms with E-state index in [9.17, 15) is 29.1 Å². The maximum Gasteiger partial charge on any atom is 0.407 e. The fraction of sp³-hybridized carbons (Fsp3) is 0.625. The number of rotatable bonds is 16. The van der Waals surface area contributed by atoms with Gasteiger partial charge >= 0.3 is 6.09 Å². The number of carbonyl (C=O) groups excluding carboxylic acids is 1. The van der Waals surface area contributed by atoms with E-state index in [2.05, 4.69) is 20.9 Å². The Kier molecular flexibility index (Phi) is 10.5. The van der Waals surface area contributed by atoms with Crippen LogP contribution in [0.1, 0.15) is 47.0 Å². The van der Waals surface area contributed by atoms with Crippen molar-refractivity contribution < 1.29 is 19.4 Å². The minimum Gasteiger partial charge on any atom is -0.502 e. The first-order chi connectivity index (χ1) is 17.0. The number of carbonyl (C=O) groups is 1. The first-order valence-corrected chi connectivity index (χ1v) is 12.1. The van der Waals surface area contributed by atoms with Crippen LogP contribution in [0, 0.1) is 0 Å². The molecule has 2 aromatic rings. The molecule has 4 N–H and O–H groups in total. The lowest BCUT2D eigenvalue weighted by Gasteiger charge is -2.23. The third-order valence-electron chi connectivity index (χ3n) is 5.27. The molecule has 0 bridgehead atoms. The molecular weight excluding hydrogens is 472 g/mol. The van der Waals surface area contributed by atoms with Crippen LogP contribution in [0.4, 0.5) is 16.2 Å². The van der Waals surface area contributed by atoms with Gasteiger partial charge in [0.05, 0.1) is 6.61 Å². The summed E-state index contributed by atoms with van der Waals surface area (Å²) in [4.78, 5) is 59.8. The summed E-state index contributed by atoms with van der Waals surface area (Å²) in [7, 11) is 0. The Bertz CT molecular complexity index is 1150. The molecule has 36 heavy (non-hydrogen) atoms. The Morgan fingerprint density at radius 2 is 1.36 bits per heavy atom. The van der Waals surface area contributed by atoms with Crippen molar-refractivity contribution in [3.05, 3.63) is 40.9 Å². The minimum absolute atomic E-state index is 0.0459. The Hall–Kier alpha value is -3.41. The van der Waals surface area contributed by atoms with E-state index >= 15 is 0 Å². The summed E-state index contributed by atoms with van der Waals surface area (Å²) in [5.41, 5.74) is -3.18. The Morgan fingerprint density at radius 3 is 1.89 bits per heavy atom. The molecule has 0 fully saturated rings. The fourth-order valence-corrected chi connectivity index (χ4v) is 3.53. The molecule has 0 radical (unpaired) electrons. The summed E-state index contributed by atoms with van der Waals surface area (Å²) in [6.45, 7) is 10.7. The molecule has 0 aliphatic carbocycles. The molecule has 2 rings (SSSR count). The van der Waals surface area contributed by atoms with Crippen LogP contribution < -0.4 is 42.4 Å². The highest BCUT2D eigenvalue weighted by molar-refractivity contribution is 5.67. The molecule has 0 saturated heterocycles. The van der Waals surface area contributed by atoms with E-state index in [1.165, 1.54) is 0 Å². The van der Waals surface area contributed by atoms with Crippen LogP contribution in [0.2, 0.25) is 0 Å². The van der Waals surface area contributed by atoms with E-state index in [1.54, 1.807) is 27.7 Å². The molecule has 0 aromatic heterocycles. The molecule has 0 aliphatic rings. The van der Waals surface area contributed by atoms with Gasteiger partial charge in [0.2, 0.25) is 0 Å². The predicted octanol–water partition coefficient (Wildman–Crippen LogP) is 0.504. The molecule has 0 spiro atoms. The van der Waals surface area contributed by atoms with Gasteiger partial charge in [0, 0.05) is 19.6 Å². The Balaban J connectivity index is 1.79. The molecule has 200 valence electrons. The summed E-state index contributed by atoms with van der Waals surface area (Å²) < 4.78 is 10.4. The third kappa shape index (κ3) is 8.08. The highest BCUT2D eigenvalue weighted by Crippen LogP contribution is 2.17. The molecule has 12 nitrogen and oxygen atoms in total. The molecule has 0 aliphatic heterocycles. The van der Waals surface area contributed by atoms with E-state index in [0.29, 0.717) is 65.1 Å². The molecule has 1 amide bonds. The topological polar surface area (TPSA) is 163 Å². The molecule has 0 saturated carbocycles. The minimum atomic E-state index is -0.877. The number of ether oxygens (including phenoxy) is 2. The lowest BCUT2D eigenvalue weighted by atomic mass is 10.2. The van der Waals surface area contributed by atoms with Crippen molar-refractivity contribution in [1.82, 2.24) is 10.2 Å². The van der Waals surface area contributed by atoms with Crippen molar-refractivity contribution in [2.75, 3.05) is 56.5 Å². The molecular formula is C24H36N4O8. The predicted molar refractivity (Wildman–Crippen MR) is 137 cm³/mol. The van der Waals surface area contributed by atoms with Gasteiger partial charge < -0.3 is 35.4 Å². The zero-order chi connectivity index (χ0) is 26.9.